The first-order valence-electron chi connectivity index (χ1n) is 2.35. The largest absolute Gasteiger partial charge is 0.417 e. The highest BCUT2D eigenvalue weighted by atomic mass is 28.2. The Hall–Kier alpha value is 0.177. The zero-order chi connectivity index (χ0) is 4.24. The van der Waals surface area contributed by atoms with Gasteiger partial charge in [0.25, 0.3) is 0 Å². The summed E-state index contributed by atoms with van der Waals surface area (Å²) in [6, 6.07) is 1.31. The molecular weight excluding hydrogens is 92.1 g/mol. The third-order valence-corrected chi connectivity index (χ3v) is 1.84. The molecule has 0 spiro atoms. The maximum Gasteiger partial charge on any atom is 0.229 e. The molecule has 0 aromatic carbocycles. The van der Waals surface area contributed by atoms with Gasteiger partial charge in [-0.1, -0.05) is 6.42 Å². The van der Waals surface area contributed by atoms with Crippen molar-refractivity contribution in [3.05, 3.63) is 0 Å². The Bertz CT molecular complexity index is 23.0. The highest BCUT2D eigenvalue weighted by Crippen LogP contribution is 2.01. The summed E-state index contributed by atoms with van der Waals surface area (Å²) in [5.74, 6) is 0. The predicted octanol–water partition coefficient (Wildman–Crippen LogP) is 0.834. The SMILES string of the molecule is C1CC[Si]OC1. The molecule has 2 radical (unpaired) electrons. The van der Waals surface area contributed by atoms with Gasteiger partial charge in [-0.05, 0) is 12.5 Å². The van der Waals surface area contributed by atoms with E-state index in [9.17, 15) is 0 Å². The number of hydrogen-bond acceptors (Lipinski definition) is 1. The van der Waals surface area contributed by atoms with Crippen molar-refractivity contribution in [1.29, 1.82) is 0 Å². The fourth-order valence-corrected chi connectivity index (χ4v) is 1.34. The molecule has 0 bridgehead atoms. The molecule has 1 fully saturated rings. The van der Waals surface area contributed by atoms with E-state index in [2.05, 4.69) is 0 Å². The predicted molar refractivity (Wildman–Crippen MR) is 25.7 cm³/mol. The Labute approximate surface area is 40.6 Å². The van der Waals surface area contributed by atoms with E-state index < -0.39 is 0 Å². The summed E-state index contributed by atoms with van der Waals surface area (Å²) in [5, 5.41) is 0. The second-order valence-corrected chi connectivity index (χ2v) is 2.53. The normalized spacial score (nSPS) is 24.0. The van der Waals surface area contributed by atoms with E-state index >= 15 is 0 Å². The van der Waals surface area contributed by atoms with E-state index in [1.807, 2.05) is 0 Å². The standard InChI is InChI=1S/C4H8OSi/c1-2-4-6-5-3-1/h1-4H2. The van der Waals surface area contributed by atoms with Gasteiger partial charge in [0.2, 0.25) is 9.76 Å². The molecule has 1 aliphatic rings. The zero-order valence-corrected chi connectivity index (χ0v) is 4.74. The Morgan fingerprint density at radius 3 is 2.50 bits per heavy atom. The van der Waals surface area contributed by atoms with E-state index in [0.717, 1.165) is 16.4 Å². The molecule has 0 aromatic rings. The Kier molecular flexibility index (Phi) is 1.71. The van der Waals surface area contributed by atoms with Crippen molar-refractivity contribution in [2.24, 2.45) is 0 Å². The first kappa shape index (κ1) is 4.34. The second kappa shape index (κ2) is 2.37. The molecule has 6 heavy (non-hydrogen) atoms. The van der Waals surface area contributed by atoms with Crippen LogP contribution in [0.5, 0.6) is 0 Å². The molecule has 1 saturated heterocycles. The first-order valence-corrected chi connectivity index (χ1v) is 3.46. The van der Waals surface area contributed by atoms with Crippen LogP contribution < -0.4 is 0 Å². The first-order chi connectivity index (χ1) is 3.00. The molecule has 0 unspecified atom stereocenters. The molecule has 1 rings (SSSR count). The summed E-state index contributed by atoms with van der Waals surface area (Å²) in [4.78, 5) is 0. The topological polar surface area (TPSA) is 9.23 Å². The molecule has 0 N–H and O–H groups in total. The van der Waals surface area contributed by atoms with Gasteiger partial charge in [0, 0.05) is 6.61 Å². The lowest BCUT2D eigenvalue weighted by molar-refractivity contribution is 0.304. The Morgan fingerprint density at radius 2 is 2.33 bits per heavy atom. The van der Waals surface area contributed by atoms with Crippen molar-refractivity contribution in [3.8, 4) is 0 Å². The lowest BCUT2D eigenvalue weighted by Crippen LogP contribution is -2.06. The van der Waals surface area contributed by atoms with Crippen LogP contribution in [0.3, 0.4) is 0 Å². The summed E-state index contributed by atoms with van der Waals surface area (Å²) in [5.41, 5.74) is 0. The van der Waals surface area contributed by atoms with Crippen LogP contribution in [-0.4, -0.2) is 16.4 Å². The van der Waals surface area contributed by atoms with Crippen LogP contribution in [0.2, 0.25) is 6.04 Å². The Balaban J connectivity index is 2.00. The van der Waals surface area contributed by atoms with Crippen LogP contribution >= 0.6 is 0 Å². The minimum atomic E-state index is 0.802. The van der Waals surface area contributed by atoms with Crippen molar-refractivity contribution >= 4 is 9.76 Å². The van der Waals surface area contributed by atoms with Crippen LogP contribution in [-0.2, 0) is 4.43 Å². The highest BCUT2D eigenvalue weighted by molar-refractivity contribution is 6.27. The molecule has 34 valence electrons. The van der Waals surface area contributed by atoms with Gasteiger partial charge < -0.3 is 4.43 Å². The minimum absolute atomic E-state index is 0.802. The molecule has 1 heterocycles. The van der Waals surface area contributed by atoms with Crippen molar-refractivity contribution in [1.82, 2.24) is 0 Å². The summed E-state index contributed by atoms with van der Waals surface area (Å²) >= 11 is 0. The van der Waals surface area contributed by atoms with Crippen molar-refractivity contribution in [2.75, 3.05) is 6.61 Å². The molecule has 1 aliphatic heterocycles. The molecule has 0 atom stereocenters. The van der Waals surface area contributed by atoms with Gasteiger partial charge in [0.05, 0.1) is 0 Å². The maximum absolute atomic E-state index is 5.10. The van der Waals surface area contributed by atoms with Gasteiger partial charge in [0.15, 0.2) is 0 Å². The van der Waals surface area contributed by atoms with Gasteiger partial charge >= 0.3 is 0 Å². The molecular formula is C4H8OSi. The lowest BCUT2D eigenvalue weighted by Gasteiger charge is -2.06. The van der Waals surface area contributed by atoms with E-state index in [1.165, 1.54) is 18.9 Å². The van der Waals surface area contributed by atoms with Crippen LogP contribution in [0, 0.1) is 0 Å². The van der Waals surface area contributed by atoms with Gasteiger partial charge in [0.1, 0.15) is 0 Å². The third kappa shape index (κ3) is 1.10. The van der Waals surface area contributed by atoms with Gasteiger partial charge in [-0.25, -0.2) is 0 Å². The monoisotopic (exact) mass is 100 g/mol. The highest BCUT2D eigenvalue weighted by Gasteiger charge is 1.97. The zero-order valence-electron chi connectivity index (χ0n) is 3.74. The maximum atomic E-state index is 5.10. The minimum Gasteiger partial charge on any atom is -0.417 e. The van der Waals surface area contributed by atoms with E-state index in [-0.39, 0.29) is 0 Å². The fraction of sp³-hybridized carbons (Fsp3) is 1.00. The van der Waals surface area contributed by atoms with Crippen molar-refractivity contribution < 1.29 is 4.43 Å². The molecule has 0 amide bonds. The lowest BCUT2D eigenvalue weighted by atomic mass is 10.4. The summed E-state index contributed by atoms with van der Waals surface area (Å²) in [7, 11) is 0.802. The van der Waals surface area contributed by atoms with Crippen LogP contribution in [0.25, 0.3) is 0 Å². The van der Waals surface area contributed by atoms with Crippen molar-refractivity contribution in [3.63, 3.8) is 0 Å². The Morgan fingerprint density at radius 1 is 1.33 bits per heavy atom. The average Bonchev–Trinajstić information content (AvgIpc) is 1.72. The van der Waals surface area contributed by atoms with E-state index in [0.29, 0.717) is 0 Å². The van der Waals surface area contributed by atoms with E-state index in [1.54, 1.807) is 0 Å². The van der Waals surface area contributed by atoms with Crippen LogP contribution in [0.15, 0.2) is 0 Å². The average molecular weight is 100 g/mol. The fourth-order valence-electron chi connectivity index (χ4n) is 0.516. The number of hydrogen-bond donors (Lipinski definition) is 0. The summed E-state index contributed by atoms with van der Waals surface area (Å²) in [6.45, 7) is 1.01. The second-order valence-electron chi connectivity index (χ2n) is 1.45. The molecule has 1 nitrogen and oxygen atoms in total. The summed E-state index contributed by atoms with van der Waals surface area (Å²) < 4.78 is 5.10. The van der Waals surface area contributed by atoms with Crippen molar-refractivity contribution in [2.45, 2.75) is 18.9 Å². The number of rotatable bonds is 0. The van der Waals surface area contributed by atoms with Crippen LogP contribution in [0.4, 0.5) is 0 Å². The summed E-state index contributed by atoms with van der Waals surface area (Å²) in [6.07, 6.45) is 2.67. The van der Waals surface area contributed by atoms with Gasteiger partial charge in [-0.3, -0.25) is 0 Å². The smallest absolute Gasteiger partial charge is 0.229 e. The van der Waals surface area contributed by atoms with E-state index in [4.69, 9.17) is 4.43 Å². The van der Waals surface area contributed by atoms with Gasteiger partial charge in [-0.2, -0.15) is 0 Å². The molecule has 0 saturated carbocycles. The van der Waals surface area contributed by atoms with Crippen LogP contribution in [0.1, 0.15) is 12.8 Å². The molecule has 0 aromatic heterocycles. The molecule has 2 heteroatoms. The third-order valence-electron chi connectivity index (χ3n) is 0.877. The quantitative estimate of drug-likeness (QED) is 0.410. The van der Waals surface area contributed by atoms with Gasteiger partial charge in [-0.15, -0.1) is 0 Å². The molecule has 0 aliphatic carbocycles.